The van der Waals surface area contributed by atoms with E-state index in [1.807, 2.05) is 0 Å². The zero-order chi connectivity index (χ0) is 20.3. The molecule has 3 N–H and O–H groups in total. The quantitative estimate of drug-likeness (QED) is 0.218. The van der Waals surface area contributed by atoms with Crippen LogP contribution in [0, 0.1) is 0 Å². The number of aliphatic carboxylic acids is 2. The summed E-state index contributed by atoms with van der Waals surface area (Å²) in [6, 6.07) is -1.12. The van der Waals surface area contributed by atoms with E-state index in [1.54, 1.807) is 0 Å². The third-order valence-electron chi connectivity index (χ3n) is 4.79. The van der Waals surface area contributed by atoms with Gasteiger partial charge in [0.05, 0.1) is 0 Å². The molecule has 0 radical (unpaired) electrons. The number of rotatable bonds is 19. The van der Waals surface area contributed by atoms with Crippen molar-refractivity contribution in [1.82, 2.24) is 5.32 Å². The Balaban J connectivity index is 0. The van der Waals surface area contributed by atoms with Crippen molar-refractivity contribution in [3.8, 4) is 0 Å². The molecular formula is C21H40NNaO5. The number of unbranched alkanes of at least 4 members (excludes halogenated alkanes) is 12. The van der Waals surface area contributed by atoms with E-state index >= 15 is 0 Å². The van der Waals surface area contributed by atoms with Crippen LogP contribution in [0.3, 0.4) is 0 Å². The summed E-state index contributed by atoms with van der Waals surface area (Å²) in [5, 5.41) is 20.0. The molecule has 0 fully saturated rings. The standard InChI is InChI=1S/C21H39NO5.Na.H/c1-2-3-4-5-6-7-8-9-10-11-12-13-14-15-19(23)22-18(21(26)27)16-17-20(24)25;;/h18H,2-17H2,1H3,(H,22,23)(H,24,25)(H,26,27);;/t18-;;/m0../s1. The molecule has 28 heavy (non-hydrogen) atoms. The van der Waals surface area contributed by atoms with Gasteiger partial charge < -0.3 is 15.5 Å². The summed E-state index contributed by atoms with van der Waals surface area (Å²) in [6.07, 6.45) is 15.9. The molecule has 0 aromatic heterocycles. The summed E-state index contributed by atoms with van der Waals surface area (Å²) in [5.74, 6) is -2.56. The van der Waals surface area contributed by atoms with Gasteiger partial charge in [0.25, 0.3) is 0 Å². The summed E-state index contributed by atoms with van der Waals surface area (Å²) in [7, 11) is 0. The van der Waals surface area contributed by atoms with Crippen molar-refractivity contribution < 1.29 is 24.6 Å². The molecule has 1 amide bonds. The first kappa shape index (κ1) is 29.6. The van der Waals surface area contributed by atoms with Crippen molar-refractivity contribution in [1.29, 1.82) is 0 Å². The number of hydrogen-bond donors (Lipinski definition) is 3. The van der Waals surface area contributed by atoms with Gasteiger partial charge in [0.2, 0.25) is 5.91 Å². The number of carboxylic acid groups (broad SMARTS) is 2. The normalized spacial score (nSPS) is 11.5. The molecule has 1 atom stereocenters. The van der Waals surface area contributed by atoms with E-state index in [0.717, 1.165) is 19.3 Å². The van der Waals surface area contributed by atoms with Gasteiger partial charge in [0.1, 0.15) is 6.04 Å². The van der Waals surface area contributed by atoms with Crippen LogP contribution in [0.4, 0.5) is 0 Å². The second-order valence-corrected chi connectivity index (χ2v) is 7.38. The van der Waals surface area contributed by atoms with Crippen LogP contribution in [0.15, 0.2) is 0 Å². The van der Waals surface area contributed by atoms with Gasteiger partial charge in [0.15, 0.2) is 0 Å². The van der Waals surface area contributed by atoms with E-state index in [-0.39, 0.29) is 48.3 Å². The number of carbonyl (C=O) groups is 3. The van der Waals surface area contributed by atoms with Crippen LogP contribution in [0.25, 0.3) is 0 Å². The van der Waals surface area contributed by atoms with Crippen LogP contribution in [0.5, 0.6) is 0 Å². The zero-order valence-corrected chi connectivity index (χ0v) is 17.0. The minimum atomic E-state index is -1.19. The second kappa shape index (κ2) is 21.1. The second-order valence-electron chi connectivity index (χ2n) is 7.38. The fourth-order valence-electron chi connectivity index (χ4n) is 3.10. The molecule has 0 unspecified atom stereocenters. The molecule has 6 nitrogen and oxygen atoms in total. The van der Waals surface area contributed by atoms with Gasteiger partial charge in [-0.15, -0.1) is 0 Å². The zero-order valence-electron chi connectivity index (χ0n) is 17.0. The van der Waals surface area contributed by atoms with Gasteiger partial charge in [-0.25, -0.2) is 4.79 Å². The average molecular weight is 410 g/mol. The molecule has 0 rings (SSSR count). The Morgan fingerprint density at radius 3 is 1.54 bits per heavy atom. The molecule has 0 bridgehead atoms. The van der Waals surface area contributed by atoms with Gasteiger partial charge in [-0.05, 0) is 12.8 Å². The third-order valence-corrected chi connectivity index (χ3v) is 4.79. The minimum absolute atomic E-state index is 0. The molecular weight excluding hydrogens is 369 g/mol. The van der Waals surface area contributed by atoms with Crippen molar-refractivity contribution >= 4 is 47.4 Å². The Bertz CT molecular complexity index is 418. The average Bonchev–Trinajstić information content (AvgIpc) is 2.62. The van der Waals surface area contributed by atoms with Crippen LogP contribution in [-0.4, -0.2) is 63.7 Å². The summed E-state index contributed by atoms with van der Waals surface area (Å²) in [4.78, 5) is 33.3. The topological polar surface area (TPSA) is 104 Å². The predicted octanol–water partition coefficient (Wildman–Crippen LogP) is 4.25. The first-order valence-corrected chi connectivity index (χ1v) is 10.7. The first-order valence-electron chi connectivity index (χ1n) is 10.7. The number of hydrogen-bond acceptors (Lipinski definition) is 3. The molecule has 0 saturated carbocycles. The van der Waals surface area contributed by atoms with Crippen LogP contribution < -0.4 is 5.32 Å². The molecule has 0 aliphatic carbocycles. The predicted molar refractivity (Wildman–Crippen MR) is 114 cm³/mol. The molecule has 0 aromatic rings. The Morgan fingerprint density at radius 2 is 1.14 bits per heavy atom. The van der Waals surface area contributed by atoms with Crippen LogP contribution in [0.1, 0.15) is 110 Å². The van der Waals surface area contributed by atoms with Gasteiger partial charge in [-0.3, -0.25) is 9.59 Å². The Labute approximate surface area is 192 Å². The van der Waals surface area contributed by atoms with Crippen LogP contribution >= 0.6 is 0 Å². The monoisotopic (exact) mass is 409 g/mol. The molecule has 0 aliphatic rings. The SMILES string of the molecule is CCCCCCCCCCCCCCCC(=O)N[C@@H](CCC(=O)O)C(=O)O.[NaH]. The molecule has 160 valence electrons. The molecule has 0 spiro atoms. The van der Waals surface area contributed by atoms with Crippen molar-refractivity contribution in [2.75, 3.05) is 0 Å². The van der Waals surface area contributed by atoms with E-state index in [0.29, 0.717) is 6.42 Å². The van der Waals surface area contributed by atoms with Gasteiger partial charge in [-0.1, -0.05) is 84.0 Å². The van der Waals surface area contributed by atoms with Crippen LogP contribution in [0.2, 0.25) is 0 Å². The molecule has 0 aromatic carbocycles. The summed E-state index contributed by atoms with van der Waals surface area (Å²) in [5.41, 5.74) is 0. The fourth-order valence-corrected chi connectivity index (χ4v) is 3.10. The molecule has 0 heterocycles. The van der Waals surface area contributed by atoms with E-state index in [1.165, 1.54) is 64.2 Å². The van der Waals surface area contributed by atoms with E-state index in [9.17, 15) is 14.4 Å². The van der Waals surface area contributed by atoms with Crippen LogP contribution in [-0.2, 0) is 14.4 Å². The van der Waals surface area contributed by atoms with Crippen molar-refractivity contribution in [2.45, 2.75) is 116 Å². The summed E-state index contributed by atoms with van der Waals surface area (Å²) < 4.78 is 0. The Morgan fingerprint density at radius 1 is 0.714 bits per heavy atom. The first-order chi connectivity index (χ1) is 13.0. The maximum atomic E-state index is 11.8. The van der Waals surface area contributed by atoms with Gasteiger partial charge in [0, 0.05) is 12.8 Å². The fraction of sp³-hybridized carbons (Fsp3) is 0.857. The Kier molecular flexibility index (Phi) is 22.3. The summed E-state index contributed by atoms with van der Waals surface area (Å²) in [6.45, 7) is 2.24. The Hall–Kier alpha value is -0.590. The summed E-state index contributed by atoms with van der Waals surface area (Å²) >= 11 is 0. The number of nitrogens with one attached hydrogen (secondary N) is 1. The van der Waals surface area contributed by atoms with Gasteiger partial charge >= 0.3 is 41.5 Å². The number of carbonyl (C=O) groups excluding carboxylic acids is 1. The van der Waals surface area contributed by atoms with Gasteiger partial charge in [-0.2, -0.15) is 0 Å². The molecule has 0 aliphatic heterocycles. The van der Waals surface area contributed by atoms with E-state index in [2.05, 4.69) is 12.2 Å². The number of amides is 1. The van der Waals surface area contributed by atoms with Crippen molar-refractivity contribution in [3.63, 3.8) is 0 Å². The molecule has 0 saturated heterocycles. The van der Waals surface area contributed by atoms with E-state index < -0.39 is 18.0 Å². The number of carboxylic acids is 2. The third kappa shape index (κ3) is 20.2. The van der Waals surface area contributed by atoms with E-state index in [4.69, 9.17) is 10.2 Å². The van der Waals surface area contributed by atoms with Crippen molar-refractivity contribution in [3.05, 3.63) is 0 Å². The molecule has 7 heteroatoms. The maximum absolute atomic E-state index is 11.8. The van der Waals surface area contributed by atoms with Crippen molar-refractivity contribution in [2.24, 2.45) is 0 Å².